The number of aromatic nitrogens is 2. The summed E-state index contributed by atoms with van der Waals surface area (Å²) in [4.78, 5) is 11.1. The monoisotopic (exact) mass is 272 g/mol. The van der Waals surface area contributed by atoms with Gasteiger partial charge in [0.05, 0.1) is 6.61 Å². The van der Waals surface area contributed by atoms with Gasteiger partial charge in [-0.15, -0.1) is 0 Å². The Hall–Kier alpha value is -2.14. The van der Waals surface area contributed by atoms with Crippen molar-refractivity contribution in [2.24, 2.45) is 0 Å². The first-order valence-electron chi connectivity index (χ1n) is 6.76. The van der Waals surface area contributed by atoms with E-state index >= 15 is 0 Å². The number of aliphatic hydroxyl groups is 1. The minimum absolute atomic E-state index is 0.105. The average molecular weight is 272 g/mol. The van der Waals surface area contributed by atoms with Gasteiger partial charge in [0.2, 0.25) is 0 Å². The molecule has 0 amide bonds. The van der Waals surface area contributed by atoms with Crippen LogP contribution in [0.5, 0.6) is 0 Å². The van der Waals surface area contributed by atoms with Gasteiger partial charge in [0, 0.05) is 31.8 Å². The van der Waals surface area contributed by atoms with Crippen molar-refractivity contribution in [3.8, 4) is 11.4 Å². The lowest BCUT2D eigenvalue weighted by atomic mass is 10.2. The van der Waals surface area contributed by atoms with Crippen LogP contribution in [0.25, 0.3) is 11.4 Å². The average Bonchev–Trinajstić information content (AvgIpc) is 2.53. The molecule has 5 heteroatoms. The first-order valence-corrected chi connectivity index (χ1v) is 6.76. The van der Waals surface area contributed by atoms with Gasteiger partial charge in [0.1, 0.15) is 11.6 Å². The maximum Gasteiger partial charge on any atom is 0.163 e. The number of likely N-dealkylation sites (N-methyl/N-ethyl adjacent to an activating group) is 1. The zero-order valence-corrected chi connectivity index (χ0v) is 11.9. The molecule has 1 aromatic heterocycles. The maximum absolute atomic E-state index is 9.14. The van der Waals surface area contributed by atoms with Gasteiger partial charge in [0.15, 0.2) is 5.82 Å². The van der Waals surface area contributed by atoms with Gasteiger partial charge in [-0.1, -0.05) is 30.3 Å². The Bertz CT molecular complexity index is 545. The van der Waals surface area contributed by atoms with E-state index < -0.39 is 0 Å². The van der Waals surface area contributed by atoms with Crippen LogP contribution in [0.4, 0.5) is 11.6 Å². The molecule has 2 aromatic rings. The number of hydrogen-bond donors (Lipinski definition) is 2. The van der Waals surface area contributed by atoms with Gasteiger partial charge in [-0.25, -0.2) is 9.97 Å². The number of nitrogens with zero attached hydrogens (tertiary/aromatic N) is 3. The van der Waals surface area contributed by atoms with Crippen LogP contribution in [-0.4, -0.2) is 41.8 Å². The molecule has 0 spiro atoms. The van der Waals surface area contributed by atoms with Crippen molar-refractivity contribution in [2.75, 3.05) is 37.0 Å². The number of hydrogen-bond acceptors (Lipinski definition) is 5. The smallest absolute Gasteiger partial charge is 0.163 e. The van der Waals surface area contributed by atoms with Crippen LogP contribution in [0, 0.1) is 0 Å². The standard InChI is InChI=1S/C15H20N4O/c1-3-19(9-10-20)14-11-13(16-2)17-15(18-14)12-7-5-4-6-8-12/h4-8,11,20H,3,9-10H2,1-2H3,(H,16,17,18). The molecule has 5 nitrogen and oxygen atoms in total. The molecule has 0 radical (unpaired) electrons. The molecule has 0 bridgehead atoms. The van der Waals surface area contributed by atoms with Crippen molar-refractivity contribution in [1.29, 1.82) is 0 Å². The third-order valence-corrected chi connectivity index (χ3v) is 3.08. The van der Waals surface area contributed by atoms with Gasteiger partial charge >= 0.3 is 0 Å². The van der Waals surface area contributed by atoms with Crippen molar-refractivity contribution in [3.63, 3.8) is 0 Å². The SMILES string of the molecule is CCN(CCO)c1cc(NC)nc(-c2ccccc2)n1. The lowest BCUT2D eigenvalue weighted by Gasteiger charge is -2.21. The summed E-state index contributed by atoms with van der Waals surface area (Å²) in [6, 6.07) is 11.8. The quantitative estimate of drug-likeness (QED) is 0.842. The molecule has 0 unspecified atom stereocenters. The fourth-order valence-corrected chi connectivity index (χ4v) is 2.00. The van der Waals surface area contributed by atoms with E-state index in [1.165, 1.54) is 0 Å². The lowest BCUT2D eigenvalue weighted by Crippen LogP contribution is -2.27. The second-order valence-corrected chi connectivity index (χ2v) is 4.35. The van der Waals surface area contributed by atoms with Crippen molar-refractivity contribution >= 4 is 11.6 Å². The summed E-state index contributed by atoms with van der Waals surface area (Å²) in [7, 11) is 1.84. The molecule has 2 rings (SSSR count). The highest BCUT2D eigenvalue weighted by Gasteiger charge is 2.10. The first-order chi connectivity index (χ1) is 9.78. The Balaban J connectivity index is 2.43. The highest BCUT2D eigenvalue weighted by molar-refractivity contribution is 5.61. The van der Waals surface area contributed by atoms with Gasteiger partial charge in [-0.05, 0) is 6.92 Å². The van der Waals surface area contributed by atoms with E-state index in [-0.39, 0.29) is 6.61 Å². The zero-order valence-electron chi connectivity index (χ0n) is 11.9. The third-order valence-electron chi connectivity index (χ3n) is 3.08. The first kappa shape index (κ1) is 14.3. The van der Waals surface area contributed by atoms with Crippen molar-refractivity contribution in [2.45, 2.75) is 6.92 Å². The molecule has 0 aliphatic carbocycles. The fourth-order valence-electron chi connectivity index (χ4n) is 2.00. The van der Waals surface area contributed by atoms with E-state index in [0.29, 0.717) is 12.4 Å². The van der Waals surface area contributed by atoms with E-state index in [1.54, 1.807) is 0 Å². The molecule has 1 aromatic carbocycles. The van der Waals surface area contributed by atoms with Crippen LogP contribution in [0.2, 0.25) is 0 Å². The molecule has 0 saturated heterocycles. The Morgan fingerprint density at radius 3 is 2.55 bits per heavy atom. The Morgan fingerprint density at radius 1 is 1.20 bits per heavy atom. The van der Waals surface area contributed by atoms with Crippen LogP contribution in [0.3, 0.4) is 0 Å². The zero-order chi connectivity index (χ0) is 14.4. The topological polar surface area (TPSA) is 61.3 Å². The molecule has 0 aliphatic heterocycles. The van der Waals surface area contributed by atoms with Gasteiger partial charge in [-0.2, -0.15) is 0 Å². The van der Waals surface area contributed by atoms with Crippen molar-refractivity contribution in [1.82, 2.24) is 9.97 Å². The molecule has 0 saturated carbocycles. The predicted molar refractivity (Wildman–Crippen MR) is 82.0 cm³/mol. The van der Waals surface area contributed by atoms with E-state index in [1.807, 2.05) is 55.3 Å². The molecule has 1 heterocycles. The molecular weight excluding hydrogens is 252 g/mol. The highest BCUT2D eigenvalue weighted by Crippen LogP contribution is 2.22. The molecule has 0 fully saturated rings. The summed E-state index contributed by atoms with van der Waals surface area (Å²) in [6.45, 7) is 3.49. The maximum atomic E-state index is 9.14. The van der Waals surface area contributed by atoms with Crippen LogP contribution >= 0.6 is 0 Å². The van der Waals surface area contributed by atoms with E-state index in [0.717, 1.165) is 23.7 Å². The van der Waals surface area contributed by atoms with Crippen LogP contribution in [0.15, 0.2) is 36.4 Å². The Morgan fingerprint density at radius 2 is 1.95 bits per heavy atom. The van der Waals surface area contributed by atoms with Crippen LogP contribution < -0.4 is 10.2 Å². The number of nitrogens with one attached hydrogen (secondary N) is 1. The van der Waals surface area contributed by atoms with Gasteiger partial charge in [-0.3, -0.25) is 0 Å². The fraction of sp³-hybridized carbons (Fsp3) is 0.333. The van der Waals surface area contributed by atoms with Gasteiger partial charge in [0.25, 0.3) is 0 Å². The molecule has 106 valence electrons. The second kappa shape index (κ2) is 6.86. The summed E-state index contributed by atoms with van der Waals surface area (Å²) < 4.78 is 0. The summed E-state index contributed by atoms with van der Waals surface area (Å²) in [5.74, 6) is 2.27. The highest BCUT2D eigenvalue weighted by atomic mass is 16.3. The van der Waals surface area contributed by atoms with Crippen molar-refractivity contribution in [3.05, 3.63) is 36.4 Å². The van der Waals surface area contributed by atoms with Crippen molar-refractivity contribution < 1.29 is 5.11 Å². The number of benzene rings is 1. The number of aliphatic hydroxyl groups excluding tert-OH is 1. The minimum atomic E-state index is 0.105. The predicted octanol–water partition coefficient (Wildman–Crippen LogP) is 2.00. The number of anilines is 2. The molecule has 20 heavy (non-hydrogen) atoms. The molecule has 0 atom stereocenters. The second-order valence-electron chi connectivity index (χ2n) is 4.35. The largest absolute Gasteiger partial charge is 0.395 e. The van der Waals surface area contributed by atoms with Gasteiger partial charge < -0.3 is 15.3 Å². The Kier molecular flexibility index (Phi) is 4.90. The van der Waals surface area contributed by atoms with Crippen LogP contribution in [0.1, 0.15) is 6.92 Å². The lowest BCUT2D eigenvalue weighted by molar-refractivity contribution is 0.302. The minimum Gasteiger partial charge on any atom is -0.395 e. The number of rotatable bonds is 6. The normalized spacial score (nSPS) is 10.3. The Labute approximate surface area is 119 Å². The van der Waals surface area contributed by atoms with E-state index in [4.69, 9.17) is 5.11 Å². The van der Waals surface area contributed by atoms with Crippen LogP contribution in [-0.2, 0) is 0 Å². The van der Waals surface area contributed by atoms with E-state index in [2.05, 4.69) is 15.3 Å². The summed E-state index contributed by atoms with van der Waals surface area (Å²) in [5, 5.41) is 12.2. The summed E-state index contributed by atoms with van der Waals surface area (Å²) >= 11 is 0. The molecule has 0 aliphatic rings. The van der Waals surface area contributed by atoms with E-state index in [9.17, 15) is 0 Å². The summed E-state index contributed by atoms with van der Waals surface area (Å²) in [6.07, 6.45) is 0. The summed E-state index contributed by atoms with van der Waals surface area (Å²) in [5.41, 5.74) is 0.978. The third kappa shape index (κ3) is 3.24. The molecule has 2 N–H and O–H groups in total. The molecular formula is C15H20N4O.